The van der Waals surface area contributed by atoms with Crippen LogP contribution in [0.15, 0.2) is 23.8 Å². The average Bonchev–Trinajstić information content (AvgIpc) is 3.04. The lowest BCUT2D eigenvalue weighted by molar-refractivity contribution is -0.119. The number of ether oxygens (including phenoxy) is 1. The fourth-order valence-corrected chi connectivity index (χ4v) is 4.37. The number of nitrogens with zero attached hydrogens (tertiary/aromatic N) is 3. The van der Waals surface area contributed by atoms with Crippen molar-refractivity contribution in [2.45, 2.75) is 45.3 Å². The zero-order valence-corrected chi connectivity index (χ0v) is 16.3. The number of carbonyl (C=O) groups excluding carboxylic acids is 1. The highest BCUT2D eigenvalue weighted by Crippen LogP contribution is 2.41. The summed E-state index contributed by atoms with van der Waals surface area (Å²) < 4.78 is 8.67. The average molecular weight is 382 g/mol. The standard InChI is InChI=1S/C20H22N4O2S/c1-11(14-7-19(25)21-8-14)26-18-6-13(17-9-27-12(2)23-17)5-16-20(18)24(10-22-16)15-3-4-15/h5-6,9-11,14-15H,3-4,7-8H2,1-2H3,(H,21,25). The minimum atomic E-state index is -0.0536. The minimum Gasteiger partial charge on any atom is -0.488 e. The van der Waals surface area contributed by atoms with E-state index < -0.39 is 0 Å². The SMILES string of the molecule is Cc1nc(-c2cc(OC(C)C3CNC(=O)C3)c3c(c2)ncn3C2CC2)cs1. The Bertz CT molecular complexity index is 1020. The number of nitrogens with one attached hydrogen (secondary N) is 1. The van der Waals surface area contributed by atoms with Gasteiger partial charge in [-0.1, -0.05) is 0 Å². The Labute approximate surface area is 161 Å². The van der Waals surface area contributed by atoms with Gasteiger partial charge in [0.05, 0.1) is 22.5 Å². The molecule has 3 aromatic rings. The third kappa shape index (κ3) is 3.10. The van der Waals surface area contributed by atoms with Crippen molar-refractivity contribution in [3.63, 3.8) is 0 Å². The van der Waals surface area contributed by atoms with Crippen LogP contribution in [0.1, 0.15) is 37.2 Å². The number of aryl methyl sites for hydroxylation is 1. The first-order chi connectivity index (χ1) is 13.1. The molecule has 6 nitrogen and oxygen atoms in total. The lowest BCUT2D eigenvalue weighted by Gasteiger charge is -2.21. The van der Waals surface area contributed by atoms with Crippen LogP contribution >= 0.6 is 11.3 Å². The Kier molecular flexibility index (Phi) is 3.93. The molecule has 1 aliphatic carbocycles. The third-order valence-electron chi connectivity index (χ3n) is 5.48. The molecule has 2 atom stereocenters. The van der Waals surface area contributed by atoms with Gasteiger partial charge in [0, 0.05) is 35.9 Å². The van der Waals surface area contributed by atoms with E-state index in [2.05, 4.69) is 37.4 Å². The molecule has 1 N–H and O–H groups in total. The van der Waals surface area contributed by atoms with E-state index in [9.17, 15) is 4.79 Å². The first-order valence-corrected chi connectivity index (χ1v) is 10.3. The van der Waals surface area contributed by atoms with Crippen LogP contribution in [0.2, 0.25) is 0 Å². The van der Waals surface area contributed by atoms with E-state index in [1.807, 2.05) is 20.2 Å². The second-order valence-electron chi connectivity index (χ2n) is 7.57. The molecule has 1 amide bonds. The van der Waals surface area contributed by atoms with Gasteiger partial charge in [0.15, 0.2) is 0 Å². The molecular formula is C20H22N4O2S. The molecule has 7 heteroatoms. The number of thiazole rings is 1. The number of carbonyl (C=O) groups is 1. The maximum atomic E-state index is 11.6. The van der Waals surface area contributed by atoms with Crippen molar-refractivity contribution in [3.05, 3.63) is 28.8 Å². The monoisotopic (exact) mass is 382 g/mol. The Balaban J connectivity index is 1.56. The molecule has 1 aliphatic heterocycles. The van der Waals surface area contributed by atoms with Crippen LogP contribution in [0.5, 0.6) is 5.75 Å². The van der Waals surface area contributed by atoms with Gasteiger partial charge in [-0.15, -0.1) is 11.3 Å². The zero-order valence-electron chi connectivity index (χ0n) is 15.4. The predicted molar refractivity (Wildman–Crippen MR) is 105 cm³/mol. The van der Waals surface area contributed by atoms with Gasteiger partial charge in [-0.25, -0.2) is 9.97 Å². The van der Waals surface area contributed by atoms with Gasteiger partial charge >= 0.3 is 0 Å². The van der Waals surface area contributed by atoms with Crippen LogP contribution in [0.25, 0.3) is 22.3 Å². The van der Waals surface area contributed by atoms with Crippen LogP contribution in [0.3, 0.4) is 0 Å². The summed E-state index contributed by atoms with van der Waals surface area (Å²) in [6, 6.07) is 4.70. The molecule has 5 rings (SSSR count). The van der Waals surface area contributed by atoms with Crippen molar-refractivity contribution >= 4 is 28.3 Å². The number of imidazole rings is 1. The molecular weight excluding hydrogens is 360 g/mol. The number of rotatable bonds is 5. The predicted octanol–water partition coefficient (Wildman–Crippen LogP) is 3.71. The second kappa shape index (κ2) is 6.34. The van der Waals surface area contributed by atoms with Gasteiger partial charge in [0.1, 0.15) is 17.4 Å². The summed E-state index contributed by atoms with van der Waals surface area (Å²) in [7, 11) is 0. The molecule has 1 saturated carbocycles. The van der Waals surface area contributed by atoms with Gasteiger partial charge < -0.3 is 14.6 Å². The molecule has 2 fully saturated rings. The Morgan fingerprint density at radius 3 is 2.89 bits per heavy atom. The number of fused-ring (bicyclic) bond motifs is 1. The van der Waals surface area contributed by atoms with Crippen molar-refractivity contribution in [3.8, 4) is 17.0 Å². The molecule has 0 bridgehead atoms. The van der Waals surface area contributed by atoms with E-state index in [1.54, 1.807) is 11.3 Å². The van der Waals surface area contributed by atoms with Gasteiger partial charge in [0.25, 0.3) is 0 Å². The summed E-state index contributed by atoms with van der Waals surface area (Å²) in [5.41, 5.74) is 3.97. The first kappa shape index (κ1) is 16.7. The van der Waals surface area contributed by atoms with Gasteiger partial charge in [-0.3, -0.25) is 4.79 Å². The number of aromatic nitrogens is 3. The first-order valence-electron chi connectivity index (χ1n) is 9.45. The Morgan fingerprint density at radius 1 is 1.37 bits per heavy atom. The number of amides is 1. The van der Waals surface area contributed by atoms with Crippen LogP contribution in [0, 0.1) is 12.8 Å². The maximum Gasteiger partial charge on any atom is 0.220 e. The summed E-state index contributed by atoms with van der Waals surface area (Å²) in [6.45, 7) is 4.74. The van der Waals surface area contributed by atoms with Crippen molar-refractivity contribution in [2.75, 3.05) is 6.54 Å². The Hall–Kier alpha value is -2.41. The topological polar surface area (TPSA) is 69.0 Å². The summed E-state index contributed by atoms with van der Waals surface area (Å²) in [5, 5.41) is 6.02. The van der Waals surface area contributed by atoms with E-state index in [0.717, 1.165) is 33.0 Å². The molecule has 2 unspecified atom stereocenters. The molecule has 27 heavy (non-hydrogen) atoms. The van der Waals surface area contributed by atoms with Crippen LogP contribution < -0.4 is 10.1 Å². The van der Waals surface area contributed by atoms with Crippen LogP contribution in [0.4, 0.5) is 0 Å². The summed E-state index contributed by atoms with van der Waals surface area (Å²) in [6.07, 6.45) is 4.78. The molecule has 3 heterocycles. The van der Waals surface area contributed by atoms with Crippen LogP contribution in [-0.2, 0) is 4.79 Å². The second-order valence-corrected chi connectivity index (χ2v) is 8.63. The number of benzene rings is 1. The van der Waals surface area contributed by atoms with E-state index in [-0.39, 0.29) is 17.9 Å². The van der Waals surface area contributed by atoms with E-state index in [0.29, 0.717) is 19.0 Å². The van der Waals surface area contributed by atoms with Gasteiger partial charge in [-0.05, 0) is 38.8 Å². The maximum absolute atomic E-state index is 11.6. The highest BCUT2D eigenvalue weighted by molar-refractivity contribution is 7.09. The van der Waals surface area contributed by atoms with E-state index >= 15 is 0 Å². The highest BCUT2D eigenvalue weighted by atomic mass is 32.1. The minimum absolute atomic E-state index is 0.0536. The largest absolute Gasteiger partial charge is 0.488 e. The zero-order chi connectivity index (χ0) is 18.5. The number of hydrogen-bond donors (Lipinski definition) is 1. The third-order valence-corrected chi connectivity index (χ3v) is 6.25. The van der Waals surface area contributed by atoms with Gasteiger partial charge in [-0.2, -0.15) is 0 Å². The quantitative estimate of drug-likeness (QED) is 0.730. The molecule has 140 valence electrons. The van der Waals surface area contributed by atoms with Gasteiger partial charge in [0.2, 0.25) is 5.91 Å². The normalized spacial score (nSPS) is 20.8. The number of hydrogen-bond acceptors (Lipinski definition) is 5. The highest BCUT2D eigenvalue weighted by Gasteiger charge is 2.30. The van der Waals surface area contributed by atoms with Crippen molar-refractivity contribution < 1.29 is 9.53 Å². The molecule has 1 saturated heterocycles. The molecule has 2 aliphatic rings. The Morgan fingerprint density at radius 2 is 2.22 bits per heavy atom. The molecule has 0 spiro atoms. The van der Waals surface area contributed by atoms with Crippen molar-refractivity contribution in [1.82, 2.24) is 19.9 Å². The van der Waals surface area contributed by atoms with Crippen molar-refractivity contribution in [1.29, 1.82) is 0 Å². The smallest absolute Gasteiger partial charge is 0.220 e. The fraction of sp³-hybridized carbons (Fsp3) is 0.450. The summed E-state index contributed by atoms with van der Waals surface area (Å²) in [5.74, 6) is 1.13. The lowest BCUT2D eigenvalue weighted by Crippen LogP contribution is -2.25. The lowest BCUT2D eigenvalue weighted by atomic mass is 10.0. The summed E-state index contributed by atoms with van der Waals surface area (Å²) >= 11 is 1.64. The molecule has 1 aromatic carbocycles. The molecule has 0 radical (unpaired) electrons. The summed E-state index contributed by atoms with van der Waals surface area (Å²) in [4.78, 5) is 20.9. The molecule has 2 aromatic heterocycles. The van der Waals surface area contributed by atoms with Crippen molar-refractivity contribution in [2.24, 2.45) is 5.92 Å². The van der Waals surface area contributed by atoms with Crippen LogP contribution in [-0.4, -0.2) is 33.1 Å². The van der Waals surface area contributed by atoms with E-state index in [1.165, 1.54) is 12.8 Å². The fourth-order valence-electron chi connectivity index (χ4n) is 3.75. The van der Waals surface area contributed by atoms with E-state index in [4.69, 9.17) is 4.74 Å².